The van der Waals surface area contributed by atoms with Crippen LogP contribution < -0.4 is 5.32 Å². The second kappa shape index (κ2) is 6.91. The molecular weight excluding hydrogens is 302 g/mol. The van der Waals surface area contributed by atoms with E-state index in [0.29, 0.717) is 25.3 Å². The van der Waals surface area contributed by atoms with Gasteiger partial charge in [-0.15, -0.1) is 0 Å². The Morgan fingerprint density at radius 2 is 2.17 bits per heavy atom. The molecule has 1 aliphatic rings. The Kier molecular flexibility index (Phi) is 4.71. The van der Waals surface area contributed by atoms with E-state index in [0.717, 1.165) is 12.5 Å². The van der Waals surface area contributed by atoms with Crippen molar-refractivity contribution < 1.29 is 18.0 Å². The standard InChI is InChI=1S/C17H18F2N2O2/c18-14-6-1-4-12(16(14)19)11-21-8-2-7-15(21)17(22)20-10-13-5-3-9-23-13/h1,3-6,9,15H,2,7-8,10-11H2,(H,20,22)/t15-/m1/s1. The highest BCUT2D eigenvalue weighted by atomic mass is 19.2. The minimum absolute atomic E-state index is 0.115. The average molecular weight is 320 g/mol. The summed E-state index contributed by atoms with van der Waals surface area (Å²) in [7, 11) is 0. The Morgan fingerprint density at radius 1 is 1.30 bits per heavy atom. The molecule has 1 aliphatic heterocycles. The molecule has 0 bridgehead atoms. The first-order chi connectivity index (χ1) is 11.1. The van der Waals surface area contributed by atoms with E-state index in [2.05, 4.69) is 5.32 Å². The van der Waals surface area contributed by atoms with Gasteiger partial charge in [0.2, 0.25) is 5.91 Å². The largest absolute Gasteiger partial charge is 0.467 e. The number of halogens is 2. The molecule has 0 radical (unpaired) electrons. The summed E-state index contributed by atoms with van der Waals surface area (Å²) < 4.78 is 32.3. The predicted molar refractivity (Wildman–Crippen MR) is 80.3 cm³/mol. The zero-order valence-corrected chi connectivity index (χ0v) is 12.6. The number of furan rings is 1. The quantitative estimate of drug-likeness (QED) is 0.921. The van der Waals surface area contributed by atoms with Gasteiger partial charge in [0, 0.05) is 12.1 Å². The van der Waals surface area contributed by atoms with E-state index in [-0.39, 0.29) is 24.1 Å². The van der Waals surface area contributed by atoms with Crippen LogP contribution >= 0.6 is 0 Å². The fraction of sp³-hybridized carbons (Fsp3) is 0.353. The van der Waals surface area contributed by atoms with Gasteiger partial charge in [-0.2, -0.15) is 0 Å². The van der Waals surface area contributed by atoms with Crippen LogP contribution in [0.15, 0.2) is 41.0 Å². The van der Waals surface area contributed by atoms with Gasteiger partial charge in [0.1, 0.15) is 5.76 Å². The second-order valence-electron chi connectivity index (χ2n) is 5.64. The van der Waals surface area contributed by atoms with E-state index in [4.69, 9.17) is 4.42 Å². The van der Waals surface area contributed by atoms with Gasteiger partial charge in [0.15, 0.2) is 11.6 Å². The van der Waals surface area contributed by atoms with Crippen molar-refractivity contribution in [2.75, 3.05) is 6.54 Å². The molecule has 6 heteroatoms. The molecule has 1 aromatic heterocycles. The molecular formula is C17H18F2N2O2. The van der Waals surface area contributed by atoms with Crippen LogP contribution in [0.1, 0.15) is 24.2 Å². The minimum Gasteiger partial charge on any atom is -0.467 e. The maximum absolute atomic E-state index is 13.8. The van der Waals surface area contributed by atoms with E-state index >= 15 is 0 Å². The van der Waals surface area contributed by atoms with E-state index in [1.54, 1.807) is 24.5 Å². The van der Waals surface area contributed by atoms with E-state index in [1.807, 2.05) is 4.90 Å². The summed E-state index contributed by atoms with van der Waals surface area (Å²) in [5.74, 6) is -1.13. The summed E-state index contributed by atoms with van der Waals surface area (Å²) in [5.41, 5.74) is 0.274. The lowest BCUT2D eigenvalue weighted by atomic mass is 10.1. The number of benzene rings is 1. The molecule has 0 saturated carbocycles. The first kappa shape index (κ1) is 15.7. The first-order valence-corrected chi connectivity index (χ1v) is 7.62. The molecule has 1 atom stereocenters. The van der Waals surface area contributed by atoms with Crippen LogP contribution in [0, 0.1) is 11.6 Å². The smallest absolute Gasteiger partial charge is 0.237 e. The van der Waals surface area contributed by atoms with Crippen molar-refractivity contribution >= 4 is 5.91 Å². The van der Waals surface area contributed by atoms with Crippen molar-refractivity contribution in [3.63, 3.8) is 0 Å². The van der Waals surface area contributed by atoms with Crippen molar-refractivity contribution in [3.8, 4) is 0 Å². The number of carbonyl (C=O) groups excluding carboxylic acids is 1. The highest BCUT2D eigenvalue weighted by Crippen LogP contribution is 2.22. The Labute approximate surface area is 133 Å². The van der Waals surface area contributed by atoms with Crippen LogP contribution in [0.3, 0.4) is 0 Å². The predicted octanol–water partition coefficient (Wildman–Crippen LogP) is 2.84. The Bertz CT molecular complexity index is 673. The molecule has 4 nitrogen and oxygen atoms in total. The van der Waals surface area contributed by atoms with Crippen molar-refractivity contribution in [1.29, 1.82) is 0 Å². The van der Waals surface area contributed by atoms with Crippen LogP contribution in [-0.2, 0) is 17.9 Å². The number of nitrogens with one attached hydrogen (secondary N) is 1. The van der Waals surface area contributed by atoms with Gasteiger partial charge in [0.05, 0.1) is 18.8 Å². The maximum Gasteiger partial charge on any atom is 0.237 e. The molecule has 1 saturated heterocycles. The number of carbonyl (C=O) groups is 1. The molecule has 1 N–H and O–H groups in total. The molecule has 3 rings (SSSR count). The zero-order valence-electron chi connectivity index (χ0n) is 12.6. The summed E-state index contributed by atoms with van der Waals surface area (Å²) in [4.78, 5) is 14.2. The molecule has 1 fully saturated rings. The monoisotopic (exact) mass is 320 g/mol. The molecule has 2 heterocycles. The lowest BCUT2D eigenvalue weighted by molar-refractivity contribution is -0.125. The molecule has 0 unspecified atom stereocenters. The van der Waals surface area contributed by atoms with Crippen molar-refractivity contribution in [1.82, 2.24) is 10.2 Å². The van der Waals surface area contributed by atoms with Crippen LogP contribution in [0.2, 0.25) is 0 Å². The lowest BCUT2D eigenvalue weighted by Crippen LogP contribution is -2.42. The fourth-order valence-corrected chi connectivity index (χ4v) is 2.91. The molecule has 2 aromatic rings. The van der Waals surface area contributed by atoms with Gasteiger partial charge in [-0.25, -0.2) is 8.78 Å². The highest BCUT2D eigenvalue weighted by molar-refractivity contribution is 5.81. The van der Waals surface area contributed by atoms with Gasteiger partial charge < -0.3 is 9.73 Å². The van der Waals surface area contributed by atoms with Gasteiger partial charge in [-0.05, 0) is 37.6 Å². The van der Waals surface area contributed by atoms with Crippen LogP contribution in [0.25, 0.3) is 0 Å². The summed E-state index contributed by atoms with van der Waals surface area (Å²) in [6.45, 7) is 1.24. The molecule has 0 aliphatic carbocycles. The van der Waals surface area contributed by atoms with Gasteiger partial charge in [-0.3, -0.25) is 9.69 Å². The van der Waals surface area contributed by atoms with Gasteiger partial charge in [0.25, 0.3) is 0 Å². The number of hydrogen-bond acceptors (Lipinski definition) is 3. The van der Waals surface area contributed by atoms with Gasteiger partial charge in [-0.1, -0.05) is 12.1 Å². The number of nitrogens with zero attached hydrogens (tertiary/aromatic N) is 1. The molecule has 23 heavy (non-hydrogen) atoms. The first-order valence-electron chi connectivity index (χ1n) is 7.62. The molecule has 0 spiro atoms. The number of rotatable bonds is 5. The van der Waals surface area contributed by atoms with Crippen LogP contribution in [0.5, 0.6) is 0 Å². The van der Waals surface area contributed by atoms with Crippen LogP contribution in [0.4, 0.5) is 8.78 Å². The molecule has 1 amide bonds. The maximum atomic E-state index is 13.8. The van der Waals surface area contributed by atoms with E-state index in [9.17, 15) is 13.6 Å². The normalized spacial score (nSPS) is 18.3. The number of amides is 1. The Morgan fingerprint density at radius 3 is 2.96 bits per heavy atom. The van der Waals surface area contributed by atoms with Crippen molar-refractivity contribution in [2.45, 2.75) is 32.0 Å². The zero-order chi connectivity index (χ0) is 16.2. The minimum atomic E-state index is -0.861. The van der Waals surface area contributed by atoms with E-state index in [1.165, 1.54) is 6.07 Å². The number of likely N-dealkylation sites (tertiary alicyclic amines) is 1. The Balaban J connectivity index is 1.63. The summed E-state index contributed by atoms with van der Waals surface area (Å²) in [5, 5.41) is 2.83. The van der Waals surface area contributed by atoms with Crippen LogP contribution in [-0.4, -0.2) is 23.4 Å². The van der Waals surface area contributed by atoms with E-state index < -0.39 is 11.6 Å². The second-order valence-corrected chi connectivity index (χ2v) is 5.64. The van der Waals surface area contributed by atoms with Gasteiger partial charge >= 0.3 is 0 Å². The molecule has 1 aromatic carbocycles. The van der Waals surface area contributed by atoms with Crippen molar-refractivity contribution in [3.05, 3.63) is 59.6 Å². The third kappa shape index (κ3) is 3.59. The average Bonchev–Trinajstić information content (AvgIpc) is 3.21. The third-order valence-corrected chi connectivity index (χ3v) is 4.09. The lowest BCUT2D eigenvalue weighted by Gasteiger charge is -2.23. The Hall–Kier alpha value is -2.21. The topological polar surface area (TPSA) is 45.5 Å². The SMILES string of the molecule is O=C(NCc1ccco1)[C@H]1CCCN1Cc1cccc(F)c1F. The summed E-state index contributed by atoms with van der Waals surface area (Å²) >= 11 is 0. The highest BCUT2D eigenvalue weighted by Gasteiger charge is 2.31. The fourth-order valence-electron chi connectivity index (χ4n) is 2.91. The molecule has 122 valence electrons. The number of hydrogen-bond donors (Lipinski definition) is 1. The summed E-state index contributed by atoms with van der Waals surface area (Å²) in [6.07, 6.45) is 3.12. The van der Waals surface area contributed by atoms with Crippen molar-refractivity contribution in [2.24, 2.45) is 0 Å². The summed E-state index contributed by atoms with van der Waals surface area (Å²) in [6, 6.07) is 7.35. The third-order valence-electron chi connectivity index (χ3n) is 4.09.